The van der Waals surface area contributed by atoms with Crippen LogP contribution in [0.15, 0.2) is 0 Å². The van der Waals surface area contributed by atoms with Crippen LogP contribution >= 0.6 is 0 Å². The second-order valence-electron chi connectivity index (χ2n) is 0. The Morgan fingerprint density at radius 1 is 0.800 bits per heavy atom. The molecule has 1 radical (unpaired) electrons. The van der Waals surface area contributed by atoms with Crippen LogP contribution < -0.4 is 68.9 Å². The van der Waals surface area contributed by atoms with Crippen LogP contribution in [0.2, 0.25) is 0 Å². The van der Waals surface area contributed by atoms with Gasteiger partial charge in [0.1, 0.15) is 0 Å². The molecule has 0 saturated heterocycles. The van der Waals surface area contributed by atoms with Crippen molar-refractivity contribution in [1.29, 1.82) is 0 Å². The second kappa shape index (κ2) is 31.3. The molecule has 0 aromatic heterocycles. The number of hydrogen-bond donors (Lipinski definition) is 0. The molecule has 0 aromatic carbocycles. The standard InChI is InChI=1S/Cs.3H2O.V/h;3*1H2;/q+1;;;;/p-1. The van der Waals surface area contributed by atoms with Gasteiger partial charge in [-0.3, -0.25) is 0 Å². The molecular weight excluding hydrogens is 232 g/mol. The van der Waals surface area contributed by atoms with Gasteiger partial charge in [0.15, 0.2) is 0 Å². The summed E-state index contributed by atoms with van der Waals surface area (Å²) in [6.07, 6.45) is 0. The molecule has 0 bridgehead atoms. The smallest absolute Gasteiger partial charge is 0.870 e. The minimum Gasteiger partial charge on any atom is -0.870 e. The molecular formula is H5CsO3V. The van der Waals surface area contributed by atoms with Gasteiger partial charge >= 0.3 is 68.9 Å². The first kappa shape index (κ1) is 50.4. The van der Waals surface area contributed by atoms with E-state index in [1.165, 1.54) is 0 Å². The number of hydrogen-bond acceptors (Lipinski definition) is 1. The summed E-state index contributed by atoms with van der Waals surface area (Å²) in [4.78, 5) is 0. The van der Waals surface area contributed by atoms with Crippen molar-refractivity contribution in [3.05, 3.63) is 0 Å². The number of rotatable bonds is 0. The van der Waals surface area contributed by atoms with Gasteiger partial charge in [-0.05, 0) is 0 Å². The van der Waals surface area contributed by atoms with Gasteiger partial charge in [-0.15, -0.1) is 0 Å². The van der Waals surface area contributed by atoms with Crippen molar-refractivity contribution in [1.82, 2.24) is 0 Å². The van der Waals surface area contributed by atoms with Gasteiger partial charge in [0.2, 0.25) is 0 Å². The molecule has 0 fully saturated rings. The third kappa shape index (κ3) is 21.0. The third-order valence-corrected chi connectivity index (χ3v) is 0. The molecule has 5 heavy (non-hydrogen) atoms. The molecule has 0 aliphatic heterocycles. The normalized spacial score (nSPS) is 0. The molecule has 0 aliphatic carbocycles. The Labute approximate surface area is 101 Å². The van der Waals surface area contributed by atoms with Gasteiger partial charge in [0.25, 0.3) is 0 Å². The zero-order valence-electron chi connectivity index (χ0n) is 2.89. The molecule has 0 heterocycles. The Kier molecular flexibility index (Phi) is 316. The summed E-state index contributed by atoms with van der Waals surface area (Å²) in [7, 11) is 0. The maximum Gasteiger partial charge on any atom is 1.00 e. The van der Waals surface area contributed by atoms with E-state index >= 15 is 0 Å². The van der Waals surface area contributed by atoms with E-state index in [0.29, 0.717) is 0 Å². The van der Waals surface area contributed by atoms with E-state index < -0.39 is 0 Å². The van der Waals surface area contributed by atoms with Crippen LogP contribution in [-0.4, -0.2) is 16.4 Å². The molecule has 3 nitrogen and oxygen atoms in total. The monoisotopic (exact) mass is 237 g/mol. The largest absolute Gasteiger partial charge is 1.00 e. The van der Waals surface area contributed by atoms with Crippen molar-refractivity contribution in [2.45, 2.75) is 0 Å². The molecule has 0 aliphatic rings. The molecule has 0 atom stereocenters. The van der Waals surface area contributed by atoms with Crippen LogP contribution in [0.4, 0.5) is 0 Å². The zero-order chi connectivity index (χ0) is 0. The Balaban J connectivity index is 0. The van der Waals surface area contributed by atoms with E-state index in [1.807, 2.05) is 0 Å². The first-order valence-electron chi connectivity index (χ1n) is 0. The molecule has 5 heteroatoms. The van der Waals surface area contributed by atoms with Crippen molar-refractivity contribution in [3.63, 3.8) is 0 Å². The Morgan fingerprint density at radius 3 is 0.800 bits per heavy atom. The predicted octanol–water partition coefficient (Wildman–Crippen LogP) is -4.82. The van der Waals surface area contributed by atoms with E-state index in [-0.39, 0.29) is 104 Å². The van der Waals surface area contributed by atoms with Gasteiger partial charge in [0.05, 0.1) is 0 Å². The molecule has 0 rings (SSSR count). The van der Waals surface area contributed by atoms with E-state index in [4.69, 9.17) is 0 Å². The minimum absolute atomic E-state index is 0. The van der Waals surface area contributed by atoms with Crippen LogP contribution in [0, 0.1) is 0 Å². The van der Waals surface area contributed by atoms with Gasteiger partial charge in [-0.2, -0.15) is 0 Å². The summed E-state index contributed by atoms with van der Waals surface area (Å²) in [5, 5.41) is 0. The van der Waals surface area contributed by atoms with Crippen molar-refractivity contribution in [2.24, 2.45) is 0 Å². The SMILES string of the molecule is O.O.[Cs+].[OH-].[V]. The summed E-state index contributed by atoms with van der Waals surface area (Å²) >= 11 is 0. The predicted molar refractivity (Wildman–Crippen MR) is 9.16 cm³/mol. The Hall–Kier alpha value is 2.52. The van der Waals surface area contributed by atoms with E-state index in [2.05, 4.69) is 0 Å². The van der Waals surface area contributed by atoms with Crippen molar-refractivity contribution in [2.75, 3.05) is 0 Å². The van der Waals surface area contributed by atoms with E-state index in [0.717, 1.165) is 0 Å². The van der Waals surface area contributed by atoms with Crippen LogP contribution in [0.5, 0.6) is 0 Å². The molecule has 0 amide bonds. The molecule has 0 unspecified atom stereocenters. The molecule has 5 N–H and O–H groups in total. The van der Waals surface area contributed by atoms with Crippen molar-refractivity contribution in [3.8, 4) is 0 Å². The van der Waals surface area contributed by atoms with Crippen LogP contribution in [0.1, 0.15) is 0 Å². The summed E-state index contributed by atoms with van der Waals surface area (Å²) in [5.74, 6) is 0. The topological polar surface area (TPSA) is 93.0 Å². The van der Waals surface area contributed by atoms with Gasteiger partial charge in [-0.25, -0.2) is 0 Å². The fraction of sp³-hybridized carbons (Fsp3) is 0. The second-order valence-corrected chi connectivity index (χ2v) is 0. The van der Waals surface area contributed by atoms with Crippen LogP contribution in [0.25, 0.3) is 0 Å². The minimum atomic E-state index is 0. The Morgan fingerprint density at radius 2 is 0.800 bits per heavy atom. The summed E-state index contributed by atoms with van der Waals surface area (Å²) in [6.45, 7) is 0. The fourth-order valence-electron chi connectivity index (χ4n) is 0. The quantitative estimate of drug-likeness (QED) is 0.415. The maximum absolute atomic E-state index is 0. The van der Waals surface area contributed by atoms with E-state index in [9.17, 15) is 0 Å². The average molecular weight is 237 g/mol. The summed E-state index contributed by atoms with van der Waals surface area (Å²) in [6, 6.07) is 0. The van der Waals surface area contributed by atoms with Crippen LogP contribution in [0.3, 0.4) is 0 Å². The fourth-order valence-corrected chi connectivity index (χ4v) is 0. The third-order valence-electron chi connectivity index (χ3n) is 0. The van der Waals surface area contributed by atoms with Gasteiger partial charge in [0, 0.05) is 18.6 Å². The molecule has 29 valence electrons. The average Bonchev–Trinajstić information content (AvgIpc) is 0. The van der Waals surface area contributed by atoms with Crippen molar-refractivity contribution >= 4 is 0 Å². The summed E-state index contributed by atoms with van der Waals surface area (Å²) in [5.41, 5.74) is 0. The molecule has 0 saturated carbocycles. The maximum atomic E-state index is 0. The van der Waals surface area contributed by atoms with Gasteiger partial charge < -0.3 is 16.4 Å². The first-order valence-corrected chi connectivity index (χ1v) is 0. The van der Waals surface area contributed by atoms with Crippen LogP contribution in [-0.2, 0) is 18.6 Å². The zero-order valence-corrected chi connectivity index (χ0v) is 10.6. The molecule has 0 spiro atoms. The Bertz CT molecular complexity index is 6.85. The first-order chi connectivity index (χ1) is 0. The summed E-state index contributed by atoms with van der Waals surface area (Å²) < 4.78 is 0. The molecule has 0 aromatic rings. The van der Waals surface area contributed by atoms with Gasteiger partial charge in [-0.1, -0.05) is 0 Å². The van der Waals surface area contributed by atoms with Crippen molar-refractivity contribution < 1.29 is 104 Å². The van der Waals surface area contributed by atoms with E-state index in [1.54, 1.807) is 0 Å².